The molecule has 9 heterocycles. The number of likely N-dealkylation sites (N-methyl/N-ethyl adjacent to an activating group) is 1. The smallest absolute Gasteiger partial charge is 0.342 e. The fourth-order valence-electron chi connectivity index (χ4n) is 11.1. The fourth-order valence-corrected chi connectivity index (χ4v) is 14.0. The van der Waals surface area contributed by atoms with Crippen LogP contribution in [0, 0.1) is 6.92 Å². The van der Waals surface area contributed by atoms with Gasteiger partial charge in [-0.15, -0.1) is 0 Å². The largest absolute Gasteiger partial charge is 0.507 e. The maximum absolute atomic E-state index is 13.1. The Morgan fingerprint density at radius 1 is 0.610 bits per heavy atom. The number of hydrogen-bond acceptors (Lipinski definition) is 22. The van der Waals surface area contributed by atoms with Gasteiger partial charge >= 0.3 is 23.9 Å². The lowest BCUT2D eigenvalue weighted by atomic mass is 9.98. The van der Waals surface area contributed by atoms with E-state index < -0.39 is 27.8 Å². The Kier molecular flexibility index (Phi) is 25.8. The molecule has 6 aromatic carbocycles. The average Bonchev–Trinajstić information content (AvgIpc) is 1.67. The van der Waals surface area contributed by atoms with Crippen molar-refractivity contribution in [3.05, 3.63) is 241 Å². The second kappa shape index (κ2) is 35.2. The van der Waals surface area contributed by atoms with Crippen molar-refractivity contribution in [3.63, 3.8) is 0 Å². The molecular weight excluding hydrogens is 1590 g/mol. The maximum atomic E-state index is 13.1. The van der Waals surface area contributed by atoms with Crippen LogP contribution in [0.15, 0.2) is 211 Å². The minimum Gasteiger partial charge on any atom is -0.507 e. The van der Waals surface area contributed by atoms with E-state index in [2.05, 4.69) is 67.7 Å². The second-order valence-corrected chi connectivity index (χ2v) is 28.5. The first-order chi connectivity index (χ1) is 50.5. The number of aldehydes is 1. The van der Waals surface area contributed by atoms with Gasteiger partial charge in [0.2, 0.25) is 15.9 Å². The van der Waals surface area contributed by atoms with Gasteiger partial charge in [-0.05, 0) is 117 Å². The van der Waals surface area contributed by atoms with Crippen LogP contribution < -0.4 is 29.0 Å². The number of halogens is 3. The molecule has 4 atom stereocenters. The molecule has 0 radical (unpaired) electrons. The number of primary sulfonamides is 1. The van der Waals surface area contributed by atoms with Gasteiger partial charge in [-0.2, -0.15) is 0 Å². The number of fused-ring (bicyclic) bond motifs is 5. The van der Waals surface area contributed by atoms with Gasteiger partial charge in [-0.25, -0.2) is 23.3 Å². The van der Waals surface area contributed by atoms with Crippen molar-refractivity contribution >= 4 is 121 Å². The molecule has 4 aliphatic rings. The average molecular weight is 1650 g/mol. The third-order valence-corrected chi connectivity index (χ3v) is 20.6. The van der Waals surface area contributed by atoms with E-state index in [0.717, 1.165) is 97.7 Å². The molecule has 0 fully saturated rings. The lowest BCUT2D eigenvalue weighted by Gasteiger charge is -2.17. The zero-order valence-corrected chi connectivity index (χ0v) is 62.9. The van der Waals surface area contributed by atoms with Crippen LogP contribution >= 0.6 is 59.1 Å². The van der Waals surface area contributed by atoms with Crippen LogP contribution in [0.3, 0.4) is 0 Å². The molecule has 105 heavy (non-hydrogen) atoms. The highest BCUT2D eigenvalue weighted by Gasteiger charge is 2.36. The highest BCUT2D eigenvalue weighted by Crippen LogP contribution is 2.42. The van der Waals surface area contributed by atoms with E-state index in [-0.39, 0.29) is 69.6 Å². The number of aromatic hydroxyl groups is 1. The highest BCUT2D eigenvalue weighted by molar-refractivity contribution is 9.11. The molecular formula is C76H65Br3N6O18S2. The van der Waals surface area contributed by atoms with E-state index in [0.29, 0.717) is 54.3 Å². The number of nitrogens with two attached hydrogens (primary N) is 1. The number of nitrogens with zero attached hydrogens (tertiary/aromatic N) is 5. The lowest BCUT2D eigenvalue weighted by molar-refractivity contribution is -0.143. The van der Waals surface area contributed by atoms with Gasteiger partial charge in [0.15, 0.2) is 15.6 Å². The molecule has 4 N–H and O–H groups in total. The number of sulfonamides is 1. The Labute approximate surface area is 631 Å². The number of pyridine rings is 3. The van der Waals surface area contributed by atoms with E-state index in [1.54, 1.807) is 51.6 Å². The van der Waals surface area contributed by atoms with Gasteiger partial charge < -0.3 is 47.8 Å². The summed E-state index contributed by atoms with van der Waals surface area (Å²) in [7, 11) is 0.460. The normalized spacial score (nSPS) is 15.1. The van der Waals surface area contributed by atoms with Crippen molar-refractivity contribution in [2.24, 2.45) is 5.14 Å². The molecule has 0 aliphatic carbocycles. The maximum Gasteiger partial charge on any atom is 0.342 e. The van der Waals surface area contributed by atoms with Crippen molar-refractivity contribution in [2.45, 2.75) is 41.7 Å². The number of methoxy groups -OCH3 is 2. The summed E-state index contributed by atoms with van der Waals surface area (Å²) >= 11 is 10.7. The van der Waals surface area contributed by atoms with Gasteiger partial charge in [0.05, 0.1) is 49.2 Å². The summed E-state index contributed by atoms with van der Waals surface area (Å²) in [5.74, 6) is -0.810. The summed E-state index contributed by atoms with van der Waals surface area (Å²) in [6.07, 6.45) is 7.23. The van der Waals surface area contributed by atoms with E-state index in [4.69, 9.17) is 52.9 Å². The standard InChI is InChI=1S/C19H18N4O4S2.C15H13NO3.C14H11NO3.C11H9BrO3.C10H9BrO3.C7H5BrO2/c1-11-18(29(20,25)26)28-19(22-11)23(2)17(24)14-10-27-16-9-12(6-7-13(14)16)15-5-3-4-8-21-15;1-18-15(17)12-9-19-14-8-10(5-6-11(12)14)13-4-2-3-7-16-13;16-14(17)11-8-18-13-7-9(4-5-10(11)13)12-3-1-2-6-15-12;1-2-14-11(13)9-6-15-10-5-7(12)3-4-8(9)10;1-13-10(12)8-5-14-9-4-6(11)2-3-7(8)9;8-6-2-1-5(4-9)7(10)3-6/h3-9,14H,10H2,1-2H3,(H2,20,25,26);2-8,12H,9H2,1H3;1-7,11H,8H2,(H,16,17);3-6H,2H2,1H3;2-4,8H,5H2,1H3;1-4,10H. The van der Waals surface area contributed by atoms with Crippen LogP contribution in [0.25, 0.3) is 44.7 Å². The number of hydrogen-bond donors (Lipinski definition) is 3. The number of furan rings is 1. The first kappa shape index (κ1) is 76.9. The Bertz CT molecular complexity index is 5110. The number of rotatable bonds is 12. The number of ether oxygens (including phenoxy) is 7. The van der Waals surface area contributed by atoms with Gasteiger partial charge in [0, 0.05) is 83.4 Å². The molecule has 0 bridgehead atoms. The number of carboxylic acids is 1. The van der Waals surface area contributed by atoms with Crippen molar-refractivity contribution in [1.29, 1.82) is 0 Å². The number of phenols is 1. The lowest BCUT2D eigenvalue weighted by Crippen LogP contribution is -2.32. The molecule has 0 saturated carbocycles. The number of aromatic nitrogens is 4. The Morgan fingerprint density at radius 2 is 1.05 bits per heavy atom. The third-order valence-electron chi connectivity index (χ3n) is 16.4. The first-order valence-corrected chi connectivity index (χ1v) is 36.6. The topological polar surface area (TPSA) is 336 Å². The van der Waals surface area contributed by atoms with Crippen LogP contribution in [0.5, 0.6) is 28.7 Å². The molecule has 15 rings (SSSR count). The number of carboxylic acid groups (broad SMARTS) is 1. The summed E-state index contributed by atoms with van der Waals surface area (Å²) in [5, 5.41) is 24.3. The molecule has 4 unspecified atom stereocenters. The molecule has 0 saturated heterocycles. The van der Waals surface area contributed by atoms with Crippen LogP contribution in [0.1, 0.15) is 79.3 Å². The highest BCUT2D eigenvalue weighted by atomic mass is 79.9. The van der Waals surface area contributed by atoms with E-state index in [1.807, 2.05) is 146 Å². The molecule has 24 nitrogen and oxygen atoms in total. The number of amides is 1. The van der Waals surface area contributed by atoms with E-state index >= 15 is 0 Å². The van der Waals surface area contributed by atoms with Crippen LogP contribution in [0.4, 0.5) is 5.13 Å². The quantitative estimate of drug-likeness (QED) is 0.0581. The predicted octanol–water partition coefficient (Wildman–Crippen LogP) is 14.4. The van der Waals surface area contributed by atoms with Crippen LogP contribution in [-0.2, 0) is 43.4 Å². The molecule has 4 aliphatic heterocycles. The van der Waals surface area contributed by atoms with Crippen LogP contribution in [-0.4, -0.2) is 129 Å². The second-order valence-electron chi connectivity index (χ2n) is 23.1. The molecule has 5 aromatic heterocycles. The third kappa shape index (κ3) is 18.8. The number of carbonyl (C=O) groups is 6. The number of carbonyl (C=O) groups excluding carboxylic acids is 5. The number of aryl methyl sites for hydroxylation is 1. The van der Waals surface area contributed by atoms with Gasteiger partial charge in [0.25, 0.3) is 0 Å². The molecule has 540 valence electrons. The number of aliphatic carboxylic acids is 1. The summed E-state index contributed by atoms with van der Waals surface area (Å²) in [4.78, 5) is 87.1. The number of anilines is 1. The number of benzene rings is 6. The molecule has 11 aromatic rings. The fraction of sp³-hybridized carbons (Fsp3) is 0.184. The van der Waals surface area contributed by atoms with Crippen molar-refractivity contribution in [2.75, 3.05) is 59.2 Å². The van der Waals surface area contributed by atoms with Gasteiger partial charge in [-0.3, -0.25) is 43.8 Å². The van der Waals surface area contributed by atoms with Crippen molar-refractivity contribution < 1.29 is 85.0 Å². The predicted molar refractivity (Wildman–Crippen MR) is 400 cm³/mol. The Balaban J connectivity index is 0.000000139. The Hall–Kier alpha value is -10.7. The van der Waals surface area contributed by atoms with Gasteiger partial charge in [-0.1, -0.05) is 120 Å². The molecule has 1 amide bonds. The molecule has 29 heteroatoms. The molecule has 0 spiro atoms. The monoisotopic (exact) mass is 1650 g/mol. The van der Waals surface area contributed by atoms with Crippen molar-refractivity contribution in [1.82, 2.24) is 19.9 Å². The van der Waals surface area contributed by atoms with Crippen LogP contribution in [0.2, 0.25) is 0 Å². The van der Waals surface area contributed by atoms with Crippen molar-refractivity contribution in [3.8, 4) is 62.5 Å². The number of phenolic OH excluding ortho intramolecular Hbond substituents is 1. The zero-order valence-electron chi connectivity index (χ0n) is 56.5. The van der Waals surface area contributed by atoms with Gasteiger partial charge in [0.1, 0.15) is 96.3 Å². The summed E-state index contributed by atoms with van der Waals surface area (Å²) in [6.45, 7) is 4.81. The Morgan fingerprint density at radius 3 is 1.50 bits per heavy atom. The summed E-state index contributed by atoms with van der Waals surface area (Å²) in [5.41, 5.74) is 10.4. The summed E-state index contributed by atoms with van der Waals surface area (Å²) < 4.78 is 67.7. The summed E-state index contributed by atoms with van der Waals surface area (Å²) in [6, 6.07) is 49.9. The first-order valence-electron chi connectivity index (χ1n) is 31.9. The van der Waals surface area contributed by atoms with E-state index in [9.17, 15) is 37.2 Å². The zero-order chi connectivity index (χ0) is 75.1. The number of esters is 3. The number of thiazole rings is 1. The minimum absolute atomic E-state index is 0.00405. The minimum atomic E-state index is -3.88. The SMILES string of the molecule is CCOC(=O)c1coc2cc(Br)ccc12.COC(=O)C1COc2cc(-c3ccccn3)ccc21.COC(=O)C1COc2cc(Br)ccc21.Cc1nc(N(C)C(=O)C2COc3cc(-c4ccccn4)ccc32)sc1S(N)(=O)=O.O=C(O)C1COc2cc(-c3ccccn3)ccc21.O=Cc1ccc(Br)cc1O. The van der Waals surface area contributed by atoms with E-state index in [1.165, 1.54) is 31.4 Å².